The van der Waals surface area contributed by atoms with Crippen molar-refractivity contribution in [2.45, 2.75) is 6.10 Å². The fourth-order valence-corrected chi connectivity index (χ4v) is 2.00. The summed E-state index contributed by atoms with van der Waals surface area (Å²) in [5.41, 5.74) is 0.0327. The molecule has 0 bridgehead atoms. The van der Waals surface area contributed by atoms with Crippen molar-refractivity contribution < 1.29 is 14.3 Å². The van der Waals surface area contributed by atoms with Crippen LogP contribution in [-0.4, -0.2) is 22.2 Å². The van der Waals surface area contributed by atoms with E-state index in [1.54, 1.807) is 19.3 Å². The Morgan fingerprint density at radius 3 is 2.87 bits per heavy atom. The summed E-state index contributed by atoms with van der Waals surface area (Å²) in [5.74, 6) is -0.652. The molecule has 0 fully saturated rings. The molecule has 1 heterocycles. The molecule has 0 aliphatic rings. The molecule has 0 spiro atoms. The SMILES string of the molecule is Cn1cccc(NC(=O)NC[C@@H](O)c2ccc(Cl)c(F)c2)c1=O. The van der Waals surface area contributed by atoms with Crippen molar-refractivity contribution >= 4 is 23.3 Å². The summed E-state index contributed by atoms with van der Waals surface area (Å²) >= 11 is 5.56. The fourth-order valence-electron chi connectivity index (χ4n) is 1.89. The molecule has 1 atom stereocenters. The number of hydrogen-bond donors (Lipinski definition) is 3. The van der Waals surface area contributed by atoms with E-state index >= 15 is 0 Å². The van der Waals surface area contributed by atoms with Crippen LogP contribution >= 0.6 is 11.6 Å². The zero-order chi connectivity index (χ0) is 17.0. The average Bonchev–Trinajstić information content (AvgIpc) is 2.52. The summed E-state index contributed by atoms with van der Waals surface area (Å²) in [5, 5.41) is 14.7. The van der Waals surface area contributed by atoms with Crippen molar-refractivity contribution in [2.24, 2.45) is 7.05 Å². The highest BCUT2D eigenvalue weighted by Gasteiger charge is 2.12. The van der Waals surface area contributed by atoms with Gasteiger partial charge in [-0.3, -0.25) is 4.79 Å². The maximum Gasteiger partial charge on any atom is 0.319 e. The van der Waals surface area contributed by atoms with E-state index < -0.39 is 18.0 Å². The van der Waals surface area contributed by atoms with E-state index in [9.17, 15) is 19.1 Å². The van der Waals surface area contributed by atoms with E-state index in [1.807, 2.05) is 0 Å². The molecular formula is C15H15ClFN3O3. The number of rotatable bonds is 4. The lowest BCUT2D eigenvalue weighted by molar-refractivity contribution is 0.174. The molecule has 0 saturated carbocycles. The summed E-state index contributed by atoms with van der Waals surface area (Å²) in [6, 6.07) is 6.31. The van der Waals surface area contributed by atoms with Crippen LogP contribution in [-0.2, 0) is 7.05 Å². The third-order valence-corrected chi connectivity index (χ3v) is 3.46. The first-order chi connectivity index (χ1) is 10.9. The van der Waals surface area contributed by atoms with Crippen molar-refractivity contribution in [3.8, 4) is 0 Å². The van der Waals surface area contributed by atoms with Crippen LogP contribution in [0.5, 0.6) is 0 Å². The smallest absolute Gasteiger partial charge is 0.319 e. The van der Waals surface area contributed by atoms with Crippen molar-refractivity contribution in [1.29, 1.82) is 0 Å². The van der Waals surface area contributed by atoms with E-state index in [2.05, 4.69) is 10.6 Å². The third-order valence-electron chi connectivity index (χ3n) is 3.16. The molecule has 0 aliphatic carbocycles. The normalized spacial score (nSPS) is 11.8. The van der Waals surface area contributed by atoms with Gasteiger partial charge in [-0.05, 0) is 29.8 Å². The first kappa shape index (κ1) is 17.0. The Hall–Kier alpha value is -2.38. The van der Waals surface area contributed by atoms with Crippen molar-refractivity contribution in [3.63, 3.8) is 0 Å². The minimum atomic E-state index is -1.11. The van der Waals surface area contributed by atoms with Crippen LogP contribution in [0.4, 0.5) is 14.9 Å². The number of benzene rings is 1. The van der Waals surface area contributed by atoms with Crippen LogP contribution in [0.2, 0.25) is 5.02 Å². The van der Waals surface area contributed by atoms with Gasteiger partial charge in [0.2, 0.25) is 0 Å². The van der Waals surface area contributed by atoms with Crippen molar-refractivity contribution in [1.82, 2.24) is 9.88 Å². The maximum absolute atomic E-state index is 13.3. The summed E-state index contributed by atoms with van der Waals surface area (Å²) in [6.07, 6.45) is 0.454. The molecule has 0 unspecified atom stereocenters. The lowest BCUT2D eigenvalue weighted by atomic mass is 10.1. The van der Waals surface area contributed by atoms with Gasteiger partial charge >= 0.3 is 6.03 Å². The quantitative estimate of drug-likeness (QED) is 0.797. The molecule has 1 aromatic heterocycles. The molecule has 8 heteroatoms. The Morgan fingerprint density at radius 2 is 2.17 bits per heavy atom. The number of aryl methyl sites for hydroxylation is 1. The minimum Gasteiger partial charge on any atom is -0.387 e. The number of halogens is 2. The van der Waals surface area contributed by atoms with Gasteiger partial charge in [0.25, 0.3) is 5.56 Å². The second-order valence-corrected chi connectivity index (χ2v) is 5.27. The molecule has 2 rings (SSSR count). The van der Waals surface area contributed by atoms with Crippen LogP contribution in [0.1, 0.15) is 11.7 Å². The molecule has 23 heavy (non-hydrogen) atoms. The van der Waals surface area contributed by atoms with Gasteiger partial charge in [-0.1, -0.05) is 17.7 Å². The summed E-state index contributed by atoms with van der Waals surface area (Å²) in [6.45, 7) is -0.153. The number of urea groups is 1. The Kier molecular flexibility index (Phi) is 5.36. The zero-order valence-corrected chi connectivity index (χ0v) is 13.0. The maximum atomic E-state index is 13.3. The largest absolute Gasteiger partial charge is 0.387 e. The van der Waals surface area contributed by atoms with E-state index in [0.29, 0.717) is 0 Å². The summed E-state index contributed by atoms with van der Waals surface area (Å²) in [7, 11) is 1.56. The van der Waals surface area contributed by atoms with Gasteiger partial charge < -0.3 is 20.3 Å². The number of nitrogens with zero attached hydrogens (tertiary/aromatic N) is 1. The van der Waals surface area contributed by atoms with Gasteiger partial charge in [-0.25, -0.2) is 9.18 Å². The van der Waals surface area contributed by atoms with E-state index in [4.69, 9.17) is 11.6 Å². The number of pyridine rings is 1. The molecule has 0 radical (unpaired) electrons. The Labute approximate surface area is 136 Å². The molecule has 6 nitrogen and oxygen atoms in total. The highest BCUT2D eigenvalue weighted by molar-refractivity contribution is 6.30. The van der Waals surface area contributed by atoms with Crippen LogP contribution in [0.25, 0.3) is 0 Å². The minimum absolute atomic E-state index is 0.0495. The Morgan fingerprint density at radius 1 is 1.43 bits per heavy atom. The molecule has 0 aliphatic heterocycles. The highest BCUT2D eigenvalue weighted by Crippen LogP contribution is 2.19. The number of aliphatic hydroxyl groups excluding tert-OH is 1. The summed E-state index contributed by atoms with van der Waals surface area (Å²) in [4.78, 5) is 23.5. The van der Waals surface area contributed by atoms with Crippen LogP contribution in [0.3, 0.4) is 0 Å². The molecule has 2 aromatic rings. The number of anilines is 1. The van der Waals surface area contributed by atoms with E-state index in [-0.39, 0.29) is 28.4 Å². The molecular weight excluding hydrogens is 325 g/mol. The predicted octanol–water partition coefficient (Wildman–Crippen LogP) is 2.03. The first-order valence-electron chi connectivity index (χ1n) is 6.72. The lowest BCUT2D eigenvalue weighted by Gasteiger charge is -2.13. The highest BCUT2D eigenvalue weighted by atomic mass is 35.5. The number of carbonyl (C=O) groups is 1. The van der Waals surface area contributed by atoms with E-state index in [0.717, 1.165) is 6.07 Å². The predicted molar refractivity (Wildman–Crippen MR) is 85.1 cm³/mol. The van der Waals surface area contributed by atoms with Gasteiger partial charge in [0.1, 0.15) is 11.5 Å². The molecule has 0 saturated heterocycles. The second-order valence-electron chi connectivity index (χ2n) is 4.86. The molecule has 2 amide bonds. The summed E-state index contributed by atoms with van der Waals surface area (Å²) < 4.78 is 14.6. The lowest BCUT2D eigenvalue weighted by Crippen LogP contribution is -2.34. The number of amides is 2. The van der Waals surface area contributed by atoms with Crippen molar-refractivity contribution in [2.75, 3.05) is 11.9 Å². The van der Waals surface area contributed by atoms with Gasteiger partial charge in [0.15, 0.2) is 0 Å². The molecule has 3 N–H and O–H groups in total. The number of carbonyl (C=O) groups excluding carboxylic acids is 1. The number of aliphatic hydroxyl groups is 1. The molecule has 1 aromatic carbocycles. The number of nitrogens with one attached hydrogen (secondary N) is 2. The number of aromatic nitrogens is 1. The molecule has 122 valence electrons. The van der Waals surface area contributed by atoms with Gasteiger partial charge in [-0.15, -0.1) is 0 Å². The van der Waals surface area contributed by atoms with Gasteiger partial charge in [0, 0.05) is 19.8 Å². The van der Waals surface area contributed by atoms with Crippen LogP contribution in [0.15, 0.2) is 41.3 Å². The third kappa shape index (κ3) is 4.30. The first-order valence-corrected chi connectivity index (χ1v) is 7.10. The number of hydrogen-bond acceptors (Lipinski definition) is 3. The topological polar surface area (TPSA) is 83.4 Å². The van der Waals surface area contributed by atoms with E-state index in [1.165, 1.54) is 22.8 Å². The standard InChI is InChI=1S/C15H15ClFN3O3/c1-20-6-2-3-12(14(20)22)19-15(23)18-8-13(21)9-4-5-10(16)11(17)7-9/h2-7,13,21H,8H2,1H3,(H2,18,19,23)/t13-/m1/s1. The average molecular weight is 340 g/mol. The Bertz CT molecular complexity index is 779. The van der Waals surface area contributed by atoms with Crippen molar-refractivity contribution in [3.05, 3.63) is 63.3 Å². The van der Waals surface area contributed by atoms with Crippen LogP contribution < -0.4 is 16.2 Å². The van der Waals surface area contributed by atoms with Gasteiger partial charge in [-0.2, -0.15) is 0 Å². The second kappa shape index (κ2) is 7.26. The zero-order valence-electron chi connectivity index (χ0n) is 12.2. The van der Waals surface area contributed by atoms with Crippen LogP contribution in [0, 0.1) is 5.82 Å². The monoisotopic (exact) mass is 339 g/mol. The fraction of sp³-hybridized carbons (Fsp3) is 0.200. The van der Waals surface area contributed by atoms with Gasteiger partial charge in [0.05, 0.1) is 11.1 Å². The Balaban J connectivity index is 1.94.